The average molecular weight is 506 g/mol. The molecular formula is C22H24ClN5O3S2. The zero-order valence-electron chi connectivity index (χ0n) is 18.2. The van der Waals surface area contributed by atoms with Crippen LogP contribution in [0.4, 0.5) is 5.13 Å². The van der Waals surface area contributed by atoms with Gasteiger partial charge >= 0.3 is 0 Å². The number of carbonyl (C=O) groups excluding carboxylic acids is 1. The van der Waals surface area contributed by atoms with Crippen molar-refractivity contribution in [2.75, 3.05) is 12.4 Å². The predicted molar refractivity (Wildman–Crippen MR) is 130 cm³/mol. The molecule has 0 spiro atoms. The van der Waals surface area contributed by atoms with Gasteiger partial charge in [-0.2, -0.15) is 0 Å². The Kier molecular flexibility index (Phi) is 7.79. The zero-order valence-corrected chi connectivity index (χ0v) is 20.6. The molecule has 4 rings (SSSR count). The highest BCUT2D eigenvalue weighted by Crippen LogP contribution is 2.37. The summed E-state index contributed by atoms with van der Waals surface area (Å²) in [4.78, 5) is 21.5. The summed E-state index contributed by atoms with van der Waals surface area (Å²) in [7, 11) is 1.54. The van der Waals surface area contributed by atoms with Crippen molar-refractivity contribution in [1.82, 2.24) is 20.2 Å². The van der Waals surface area contributed by atoms with Crippen molar-refractivity contribution in [2.24, 2.45) is 0 Å². The Labute approximate surface area is 205 Å². The number of pyridine rings is 2. The van der Waals surface area contributed by atoms with Gasteiger partial charge in [-0.25, -0.2) is 4.98 Å². The zero-order chi connectivity index (χ0) is 23.4. The van der Waals surface area contributed by atoms with Gasteiger partial charge in [-0.05, 0) is 38.3 Å². The summed E-state index contributed by atoms with van der Waals surface area (Å²) in [5.74, 6) is 0.143. The van der Waals surface area contributed by atoms with Gasteiger partial charge in [0.25, 0.3) is 5.91 Å². The van der Waals surface area contributed by atoms with Crippen LogP contribution in [0.15, 0.2) is 28.9 Å². The molecule has 174 valence electrons. The van der Waals surface area contributed by atoms with Crippen molar-refractivity contribution in [2.45, 2.75) is 54.7 Å². The number of hydrogen-bond acceptors (Lipinski definition) is 9. The topological polar surface area (TPSA) is 110 Å². The lowest BCUT2D eigenvalue weighted by Gasteiger charge is -2.13. The molecule has 1 aliphatic carbocycles. The van der Waals surface area contributed by atoms with Gasteiger partial charge in [0.1, 0.15) is 10.9 Å². The number of nitrogens with zero attached hydrogens (tertiary/aromatic N) is 4. The molecule has 1 aliphatic rings. The number of halogens is 1. The number of aromatic nitrogens is 4. The fourth-order valence-corrected chi connectivity index (χ4v) is 6.21. The van der Waals surface area contributed by atoms with Gasteiger partial charge in [-0.1, -0.05) is 47.5 Å². The van der Waals surface area contributed by atoms with Crippen LogP contribution < -0.4 is 10.1 Å². The minimum absolute atomic E-state index is 0.261. The first-order valence-electron chi connectivity index (χ1n) is 10.6. The first-order chi connectivity index (χ1) is 15.9. The third-order valence-electron chi connectivity index (χ3n) is 5.37. The predicted octanol–water partition coefficient (Wildman–Crippen LogP) is 5.00. The number of hydrogen-bond donors (Lipinski definition) is 2. The Bertz CT molecular complexity index is 1140. The number of rotatable bonds is 6. The molecule has 1 amide bonds. The van der Waals surface area contributed by atoms with Crippen molar-refractivity contribution in [3.05, 3.63) is 40.9 Å². The van der Waals surface area contributed by atoms with Crippen molar-refractivity contribution >= 4 is 45.7 Å². The molecule has 1 fully saturated rings. The monoisotopic (exact) mass is 505 g/mol. The fraction of sp³-hybridized carbons (Fsp3) is 0.409. The molecule has 8 nitrogen and oxygen atoms in total. The first kappa shape index (κ1) is 23.9. The maximum atomic E-state index is 13.2. The molecule has 33 heavy (non-hydrogen) atoms. The van der Waals surface area contributed by atoms with E-state index >= 15 is 0 Å². The van der Waals surface area contributed by atoms with E-state index in [0.717, 1.165) is 42.1 Å². The third kappa shape index (κ3) is 6.00. The van der Waals surface area contributed by atoms with Crippen LogP contribution in [0.1, 0.15) is 48.2 Å². The van der Waals surface area contributed by atoms with E-state index in [4.69, 9.17) is 16.3 Å². The van der Waals surface area contributed by atoms with Gasteiger partial charge in [-0.15, -0.1) is 10.2 Å². The van der Waals surface area contributed by atoms with E-state index < -0.39 is 0 Å². The van der Waals surface area contributed by atoms with Crippen LogP contribution in [0.2, 0.25) is 5.15 Å². The summed E-state index contributed by atoms with van der Waals surface area (Å²) < 4.78 is 6.20. The smallest absolute Gasteiger partial charge is 0.259 e. The van der Waals surface area contributed by atoms with Crippen LogP contribution in [-0.4, -0.2) is 49.6 Å². The number of thioether (sulfide) groups is 1. The highest BCUT2D eigenvalue weighted by atomic mass is 35.5. The van der Waals surface area contributed by atoms with Crippen LogP contribution in [0.25, 0.3) is 11.1 Å². The van der Waals surface area contributed by atoms with Crippen molar-refractivity contribution in [1.29, 1.82) is 0 Å². The molecule has 0 bridgehead atoms. The molecule has 2 atom stereocenters. The fourth-order valence-electron chi connectivity index (χ4n) is 3.77. The Balaban J connectivity index is 1.54. The minimum Gasteiger partial charge on any atom is -0.494 e. The van der Waals surface area contributed by atoms with Gasteiger partial charge in [0.05, 0.1) is 25.0 Å². The van der Waals surface area contributed by atoms with Crippen LogP contribution in [0.5, 0.6) is 5.75 Å². The van der Waals surface area contributed by atoms with E-state index in [1.807, 2.05) is 13.0 Å². The quantitative estimate of drug-likeness (QED) is 0.273. The van der Waals surface area contributed by atoms with Gasteiger partial charge < -0.3 is 9.84 Å². The molecule has 1 saturated carbocycles. The summed E-state index contributed by atoms with van der Waals surface area (Å²) in [5.41, 5.74) is 2.38. The molecule has 0 aliphatic heterocycles. The number of carbonyl (C=O) groups is 1. The summed E-state index contributed by atoms with van der Waals surface area (Å²) >= 11 is 9.05. The molecule has 0 aromatic carbocycles. The van der Waals surface area contributed by atoms with Gasteiger partial charge in [-0.3, -0.25) is 15.1 Å². The van der Waals surface area contributed by atoms with E-state index in [0.29, 0.717) is 38.0 Å². The van der Waals surface area contributed by atoms with Crippen molar-refractivity contribution < 1.29 is 14.6 Å². The largest absolute Gasteiger partial charge is 0.494 e. The van der Waals surface area contributed by atoms with Crippen LogP contribution in [-0.2, 0) is 0 Å². The highest BCUT2D eigenvalue weighted by Gasteiger charge is 2.22. The van der Waals surface area contributed by atoms with E-state index in [1.165, 1.54) is 30.8 Å². The highest BCUT2D eigenvalue weighted by molar-refractivity contribution is 8.01. The second-order valence-corrected chi connectivity index (χ2v) is 10.7. The van der Waals surface area contributed by atoms with Gasteiger partial charge in [0.15, 0.2) is 4.34 Å². The molecule has 0 radical (unpaired) electrons. The number of nitrogens with one attached hydrogen (secondary N) is 1. The lowest BCUT2D eigenvalue weighted by molar-refractivity contribution is 0.102. The molecule has 0 saturated heterocycles. The standard InChI is InChI=1S/C22H24ClN5O3S2/c1-12-7-15(16-9-19(23)25-11-18(16)31-2)17(10-24-12)20(30)26-21-27-28-22(33-21)32-14-6-4-3-5-13(29)8-14/h7,9-11,13-14,29H,3-6,8H2,1-2H3,(H,26,27,30)/t13-,14-/m0/s1. The molecular weight excluding hydrogens is 482 g/mol. The number of aryl methyl sites for hydroxylation is 1. The van der Waals surface area contributed by atoms with E-state index in [1.54, 1.807) is 17.8 Å². The lowest BCUT2D eigenvalue weighted by atomic mass is 10.0. The van der Waals surface area contributed by atoms with Crippen LogP contribution in [0.3, 0.4) is 0 Å². The molecule has 2 N–H and O–H groups in total. The lowest BCUT2D eigenvalue weighted by Crippen LogP contribution is -2.14. The summed E-state index contributed by atoms with van der Waals surface area (Å²) in [5, 5.41) is 22.2. The number of anilines is 1. The van der Waals surface area contributed by atoms with Crippen LogP contribution in [0, 0.1) is 6.92 Å². The van der Waals surface area contributed by atoms with Gasteiger partial charge in [0.2, 0.25) is 5.13 Å². The Morgan fingerprint density at radius 3 is 2.85 bits per heavy atom. The van der Waals surface area contributed by atoms with Crippen molar-refractivity contribution in [3.8, 4) is 16.9 Å². The summed E-state index contributed by atoms with van der Waals surface area (Å²) in [6.07, 6.45) is 7.58. The molecule has 11 heteroatoms. The maximum Gasteiger partial charge on any atom is 0.259 e. The Morgan fingerprint density at radius 2 is 2.03 bits per heavy atom. The molecule has 0 unspecified atom stereocenters. The van der Waals surface area contributed by atoms with Crippen molar-refractivity contribution in [3.63, 3.8) is 0 Å². The first-order valence-corrected chi connectivity index (χ1v) is 12.7. The van der Waals surface area contributed by atoms with Gasteiger partial charge in [0, 0.05) is 28.3 Å². The van der Waals surface area contributed by atoms with E-state index in [2.05, 4.69) is 25.5 Å². The second-order valence-electron chi connectivity index (χ2n) is 7.82. The summed E-state index contributed by atoms with van der Waals surface area (Å²) in [6.45, 7) is 1.85. The molecule has 3 aromatic heterocycles. The molecule has 3 aromatic rings. The maximum absolute atomic E-state index is 13.2. The minimum atomic E-state index is -0.356. The number of methoxy groups -OCH3 is 1. The number of ether oxygens (including phenoxy) is 1. The normalized spacial score (nSPS) is 18.5. The Morgan fingerprint density at radius 1 is 1.21 bits per heavy atom. The number of aliphatic hydroxyl groups is 1. The number of amides is 1. The number of aliphatic hydroxyl groups excluding tert-OH is 1. The Hall–Kier alpha value is -2.27. The SMILES string of the molecule is COc1cnc(Cl)cc1-c1cc(C)ncc1C(=O)Nc1nnc(S[C@H]2CCCC[C@H](O)C2)s1. The van der Waals surface area contributed by atoms with Crippen LogP contribution >= 0.6 is 34.7 Å². The molecule has 3 heterocycles. The van der Waals surface area contributed by atoms with E-state index in [9.17, 15) is 9.90 Å². The van der Waals surface area contributed by atoms with E-state index in [-0.39, 0.29) is 12.0 Å². The summed E-state index contributed by atoms with van der Waals surface area (Å²) in [6, 6.07) is 3.47. The average Bonchev–Trinajstić information content (AvgIpc) is 3.12. The second kappa shape index (κ2) is 10.8. The third-order valence-corrected chi connectivity index (χ3v) is 7.80.